The van der Waals surface area contributed by atoms with Gasteiger partial charge >= 0.3 is 5.97 Å². The molecule has 0 spiro atoms. The van der Waals surface area contributed by atoms with E-state index < -0.39 is 5.60 Å². The van der Waals surface area contributed by atoms with Gasteiger partial charge in [0, 0.05) is 18.0 Å². The lowest BCUT2D eigenvalue weighted by Gasteiger charge is -2.19. The topological polar surface area (TPSA) is 38.3 Å². The number of carbonyl (C=O) groups is 1. The van der Waals surface area contributed by atoms with Gasteiger partial charge in [0.15, 0.2) is 0 Å². The van der Waals surface area contributed by atoms with E-state index in [9.17, 15) is 4.79 Å². The zero-order chi connectivity index (χ0) is 15.3. The fraction of sp³-hybridized carbons (Fsp3) is 0.353. The fourth-order valence-corrected chi connectivity index (χ4v) is 2.51. The predicted molar refractivity (Wildman–Crippen MR) is 86.5 cm³/mol. The molecule has 0 amide bonds. The van der Waals surface area contributed by atoms with Crippen molar-refractivity contribution in [3.8, 4) is 0 Å². The second kappa shape index (κ2) is 6.87. The van der Waals surface area contributed by atoms with E-state index in [0.29, 0.717) is 5.56 Å². The molecule has 0 radical (unpaired) electrons. The van der Waals surface area contributed by atoms with Crippen LogP contribution in [0.5, 0.6) is 0 Å². The Labute approximate surface area is 130 Å². The van der Waals surface area contributed by atoms with E-state index in [2.05, 4.69) is 22.8 Å². The summed E-state index contributed by atoms with van der Waals surface area (Å²) < 4.78 is 5.34. The molecule has 112 valence electrons. The lowest BCUT2D eigenvalue weighted by Crippen LogP contribution is -2.23. The number of hydrogen-bond acceptors (Lipinski definition) is 4. The van der Waals surface area contributed by atoms with Crippen LogP contribution in [0, 0.1) is 0 Å². The molecule has 0 unspecified atom stereocenters. The number of nitrogens with one attached hydrogen (secondary N) is 1. The third kappa shape index (κ3) is 5.33. The van der Waals surface area contributed by atoms with Gasteiger partial charge in [0.1, 0.15) is 5.60 Å². The van der Waals surface area contributed by atoms with Crippen LogP contribution in [0.15, 0.2) is 41.8 Å². The standard InChI is InChI=1S/C17H21NO2S/c1-17(2,3)20-16(19)14-8-6-13(7-9-14)11-18-12-15-5-4-10-21-15/h4-10,18H,11-12H2,1-3H3. The molecule has 1 N–H and O–H groups in total. The second-order valence-electron chi connectivity index (χ2n) is 5.88. The first-order valence-electron chi connectivity index (χ1n) is 6.99. The number of ether oxygens (including phenoxy) is 1. The first kappa shape index (κ1) is 15.7. The van der Waals surface area contributed by atoms with Crippen LogP contribution in [-0.2, 0) is 17.8 Å². The highest BCUT2D eigenvalue weighted by molar-refractivity contribution is 7.09. The van der Waals surface area contributed by atoms with Gasteiger partial charge in [0.25, 0.3) is 0 Å². The van der Waals surface area contributed by atoms with E-state index in [1.165, 1.54) is 4.88 Å². The first-order valence-corrected chi connectivity index (χ1v) is 7.87. The average Bonchev–Trinajstić information content (AvgIpc) is 2.91. The Morgan fingerprint density at radius 3 is 2.43 bits per heavy atom. The molecule has 4 heteroatoms. The number of thiophene rings is 1. The van der Waals surface area contributed by atoms with Crippen LogP contribution in [0.2, 0.25) is 0 Å². The van der Waals surface area contributed by atoms with Gasteiger partial charge in [-0.05, 0) is 49.9 Å². The van der Waals surface area contributed by atoms with Crippen LogP contribution >= 0.6 is 11.3 Å². The van der Waals surface area contributed by atoms with Gasteiger partial charge in [-0.25, -0.2) is 4.79 Å². The molecule has 0 saturated heterocycles. The van der Waals surface area contributed by atoms with Crippen LogP contribution in [0.1, 0.15) is 41.6 Å². The van der Waals surface area contributed by atoms with E-state index in [4.69, 9.17) is 4.74 Å². The molecule has 21 heavy (non-hydrogen) atoms. The highest BCUT2D eigenvalue weighted by Crippen LogP contribution is 2.13. The van der Waals surface area contributed by atoms with Gasteiger partial charge in [0.05, 0.1) is 5.56 Å². The smallest absolute Gasteiger partial charge is 0.338 e. The molecule has 0 aliphatic rings. The van der Waals surface area contributed by atoms with E-state index in [1.54, 1.807) is 11.3 Å². The Bertz CT molecular complexity index is 568. The van der Waals surface area contributed by atoms with Crippen LogP contribution in [0.3, 0.4) is 0 Å². The van der Waals surface area contributed by atoms with E-state index in [1.807, 2.05) is 45.0 Å². The second-order valence-corrected chi connectivity index (χ2v) is 6.91. The lowest BCUT2D eigenvalue weighted by molar-refractivity contribution is 0.00695. The molecular weight excluding hydrogens is 282 g/mol. The monoisotopic (exact) mass is 303 g/mol. The fourth-order valence-electron chi connectivity index (χ4n) is 1.84. The van der Waals surface area contributed by atoms with E-state index >= 15 is 0 Å². The van der Waals surface area contributed by atoms with Crippen LogP contribution in [-0.4, -0.2) is 11.6 Å². The van der Waals surface area contributed by atoms with Crippen molar-refractivity contribution >= 4 is 17.3 Å². The zero-order valence-electron chi connectivity index (χ0n) is 12.7. The van der Waals surface area contributed by atoms with Crippen LogP contribution in [0.25, 0.3) is 0 Å². The Hall–Kier alpha value is -1.65. The molecule has 0 aliphatic carbocycles. The van der Waals surface area contributed by atoms with Crippen LogP contribution in [0.4, 0.5) is 0 Å². The molecule has 0 saturated carbocycles. The molecule has 1 aromatic heterocycles. The Morgan fingerprint density at radius 2 is 1.86 bits per heavy atom. The number of rotatable bonds is 5. The molecule has 2 rings (SSSR count). The maximum Gasteiger partial charge on any atom is 0.338 e. The minimum Gasteiger partial charge on any atom is -0.456 e. The highest BCUT2D eigenvalue weighted by Gasteiger charge is 2.17. The molecule has 0 fully saturated rings. The normalized spacial score (nSPS) is 11.4. The summed E-state index contributed by atoms with van der Waals surface area (Å²) in [4.78, 5) is 13.2. The van der Waals surface area contributed by atoms with Gasteiger partial charge in [-0.2, -0.15) is 0 Å². The van der Waals surface area contributed by atoms with Crippen molar-refractivity contribution in [2.75, 3.05) is 0 Å². The number of hydrogen-bond donors (Lipinski definition) is 1. The predicted octanol–water partition coefficient (Wildman–Crippen LogP) is 3.99. The molecule has 1 aromatic carbocycles. The summed E-state index contributed by atoms with van der Waals surface area (Å²) in [6.07, 6.45) is 0. The average molecular weight is 303 g/mol. The van der Waals surface area contributed by atoms with Crippen molar-refractivity contribution < 1.29 is 9.53 Å². The maximum absolute atomic E-state index is 11.9. The van der Waals surface area contributed by atoms with Crippen molar-refractivity contribution in [1.29, 1.82) is 0 Å². The Kier molecular flexibility index (Phi) is 5.15. The summed E-state index contributed by atoms with van der Waals surface area (Å²) in [6.45, 7) is 7.26. The number of benzene rings is 1. The summed E-state index contributed by atoms with van der Waals surface area (Å²) in [5, 5.41) is 5.46. The van der Waals surface area contributed by atoms with Gasteiger partial charge in [-0.15, -0.1) is 11.3 Å². The minimum absolute atomic E-state index is 0.277. The summed E-state index contributed by atoms with van der Waals surface area (Å²) >= 11 is 1.75. The van der Waals surface area contributed by atoms with Gasteiger partial charge in [-0.3, -0.25) is 0 Å². The largest absolute Gasteiger partial charge is 0.456 e. The molecule has 0 atom stereocenters. The van der Waals surface area contributed by atoms with Crippen molar-refractivity contribution in [2.45, 2.75) is 39.5 Å². The molecular formula is C17H21NO2S. The molecule has 2 aromatic rings. The van der Waals surface area contributed by atoms with Crippen molar-refractivity contribution in [3.63, 3.8) is 0 Å². The van der Waals surface area contributed by atoms with Gasteiger partial charge in [-0.1, -0.05) is 18.2 Å². The third-order valence-electron chi connectivity index (χ3n) is 2.80. The molecule has 0 bridgehead atoms. The maximum atomic E-state index is 11.9. The Morgan fingerprint density at radius 1 is 1.14 bits per heavy atom. The minimum atomic E-state index is -0.460. The third-order valence-corrected chi connectivity index (χ3v) is 3.67. The number of carbonyl (C=O) groups excluding carboxylic acids is 1. The van der Waals surface area contributed by atoms with Gasteiger partial charge < -0.3 is 10.1 Å². The highest BCUT2D eigenvalue weighted by atomic mass is 32.1. The summed E-state index contributed by atoms with van der Waals surface area (Å²) in [6, 6.07) is 11.7. The molecule has 0 aliphatic heterocycles. The molecule has 1 heterocycles. The first-order chi connectivity index (χ1) is 9.94. The van der Waals surface area contributed by atoms with Crippen molar-refractivity contribution in [3.05, 3.63) is 57.8 Å². The summed E-state index contributed by atoms with van der Waals surface area (Å²) in [5.74, 6) is -0.277. The van der Waals surface area contributed by atoms with Crippen molar-refractivity contribution in [2.24, 2.45) is 0 Å². The summed E-state index contributed by atoms with van der Waals surface area (Å²) in [7, 11) is 0. The Balaban J connectivity index is 1.85. The van der Waals surface area contributed by atoms with Crippen molar-refractivity contribution in [1.82, 2.24) is 5.32 Å². The quantitative estimate of drug-likeness (QED) is 0.849. The van der Waals surface area contributed by atoms with Crippen LogP contribution < -0.4 is 5.32 Å². The van der Waals surface area contributed by atoms with E-state index in [0.717, 1.165) is 18.7 Å². The molecule has 3 nitrogen and oxygen atoms in total. The summed E-state index contributed by atoms with van der Waals surface area (Å²) in [5.41, 5.74) is 1.28. The number of esters is 1. The van der Waals surface area contributed by atoms with Gasteiger partial charge in [0.2, 0.25) is 0 Å². The zero-order valence-corrected chi connectivity index (χ0v) is 13.5. The van der Waals surface area contributed by atoms with E-state index in [-0.39, 0.29) is 5.97 Å². The lowest BCUT2D eigenvalue weighted by atomic mass is 10.1. The SMILES string of the molecule is CC(C)(C)OC(=O)c1ccc(CNCc2cccs2)cc1.